The maximum absolute atomic E-state index is 12.9. The number of thioether (sulfide) groups is 1. The van der Waals surface area contributed by atoms with E-state index in [-0.39, 0.29) is 11.2 Å². The molecule has 0 radical (unpaired) electrons. The normalized spacial score (nSPS) is 18.9. The Morgan fingerprint density at radius 1 is 0.964 bits per heavy atom. The highest BCUT2D eigenvalue weighted by molar-refractivity contribution is 7.99. The minimum atomic E-state index is -0.335. The van der Waals surface area contributed by atoms with Crippen molar-refractivity contribution in [3.8, 4) is 0 Å². The van der Waals surface area contributed by atoms with Gasteiger partial charge in [-0.05, 0) is 38.8 Å². The molecule has 2 aliphatic rings. The van der Waals surface area contributed by atoms with Crippen molar-refractivity contribution in [1.82, 2.24) is 24.0 Å². The van der Waals surface area contributed by atoms with Crippen LogP contribution in [-0.2, 0) is 14.1 Å². The van der Waals surface area contributed by atoms with Crippen molar-refractivity contribution >= 4 is 22.8 Å². The number of aryl methyl sites for hydroxylation is 1. The molecule has 1 aliphatic carbocycles. The fourth-order valence-electron chi connectivity index (χ4n) is 4.37. The lowest BCUT2D eigenvalue weighted by Crippen LogP contribution is -2.38. The zero-order valence-electron chi connectivity index (χ0n) is 16.8. The molecule has 0 amide bonds. The summed E-state index contributed by atoms with van der Waals surface area (Å²) >= 11 is 1.63. The number of rotatable bonds is 5. The molecule has 0 unspecified atom stereocenters. The van der Waals surface area contributed by atoms with E-state index in [2.05, 4.69) is 4.90 Å². The predicted octanol–water partition coefficient (Wildman–Crippen LogP) is 2.26. The predicted molar refractivity (Wildman–Crippen MR) is 112 cm³/mol. The van der Waals surface area contributed by atoms with Crippen molar-refractivity contribution in [3.05, 3.63) is 26.7 Å². The summed E-state index contributed by atoms with van der Waals surface area (Å²) < 4.78 is 2.65. The molecule has 0 aromatic carbocycles. The Labute approximate surface area is 169 Å². The van der Waals surface area contributed by atoms with Gasteiger partial charge < -0.3 is 4.90 Å². The van der Waals surface area contributed by atoms with Crippen molar-refractivity contribution in [3.63, 3.8) is 0 Å². The van der Waals surface area contributed by atoms with Crippen LogP contribution in [0.5, 0.6) is 0 Å². The van der Waals surface area contributed by atoms with Crippen LogP contribution in [0, 0.1) is 0 Å². The fourth-order valence-corrected chi connectivity index (χ4v) is 5.39. The number of aromatic nitrogens is 4. The molecule has 2 aromatic rings. The minimum absolute atomic E-state index is 0.295. The lowest BCUT2D eigenvalue weighted by Gasteiger charge is -2.26. The van der Waals surface area contributed by atoms with Crippen LogP contribution >= 0.6 is 11.8 Å². The van der Waals surface area contributed by atoms with Crippen LogP contribution in [0.25, 0.3) is 11.0 Å². The van der Waals surface area contributed by atoms with Gasteiger partial charge in [0.05, 0.1) is 0 Å². The number of hydrogen-bond donors (Lipinski definition) is 0. The highest BCUT2D eigenvalue weighted by Gasteiger charge is 2.24. The Balaban J connectivity index is 1.71. The van der Waals surface area contributed by atoms with E-state index in [0.29, 0.717) is 17.0 Å². The van der Waals surface area contributed by atoms with E-state index >= 15 is 0 Å². The molecule has 28 heavy (non-hydrogen) atoms. The van der Waals surface area contributed by atoms with Crippen LogP contribution in [-0.4, -0.2) is 49.4 Å². The van der Waals surface area contributed by atoms with Gasteiger partial charge in [-0.2, -0.15) is 0 Å². The van der Waals surface area contributed by atoms with Gasteiger partial charge in [0.15, 0.2) is 5.65 Å². The largest absolute Gasteiger partial charge is 0.332 e. The molecule has 0 atom stereocenters. The summed E-state index contributed by atoms with van der Waals surface area (Å²) in [5.74, 6) is 2.03. The first-order valence-electron chi connectivity index (χ1n) is 10.4. The van der Waals surface area contributed by atoms with Crippen LogP contribution in [0.2, 0.25) is 0 Å². The smallest absolute Gasteiger partial charge is 0.303 e. The number of fused-ring (bicyclic) bond motifs is 1. The Morgan fingerprint density at radius 3 is 2.39 bits per heavy atom. The van der Waals surface area contributed by atoms with Gasteiger partial charge in [0, 0.05) is 32.3 Å². The van der Waals surface area contributed by atoms with Crippen LogP contribution < -0.4 is 11.2 Å². The number of piperidine rings is 1. The highest BCUT2D eigenvalue weighted by Crippen LogP contribution is 2.34. The van der Waals surface area contributed by atoms with Gasteiger partial charge in [-0.3, -0.25) is 13.9 Å². The number of nitrogens with zero attached hydrogens (tertiary/aromatic N) is 5. The van der Waals surface area contributed by atoms with Crippen LogP contribution in [0.15, 0.2) is 14.6 Å². The molecule has 4 rings (SSSR count). The Kier molecular flexibility index (Phi) is 5.87. The average Bonchev–Trinajstić information content (AvgIpc) is 3.26. The number of hydrogen-bond acceptors (Lipinski definition) is 6. The van der Waals surface area contributed by atoms with E-state index in [9.17, 15) is 9.59 Å². The summed E-state index contributed by atoms with van der Waals surface area (Å²) in [6.07, 6.45) is 8.43. The lowest BCUT2D eigenvalue weighted by atomic mass is 10.1. The van der Waals surface area contributed by atoms with Gasteiger partial charge >= 0.3 is 5.69 Å². The van der Waals surface area contributed by atoms with Crippen LogP contribution in [0.1, 0.15) is 56.7 Å². The third kappa shape index (κ3) is 3.76. The molecule has 0 spiro atoms. The Bertz CT molecular complexity index is 971. The second-order valence-electron chi connectivity index (χ2n) is 8.02. The molecule has 0 bridgehead atoms. The standard InChI is InChI=1S/C20H29N5O2S/c1-23-17-15(19(26)24(2)20(23)27)18(22-16(21-17)14-8-4-5-9-14)28-13-12-25-10-6-3-7-11-25/h14H,3-13H2,1-2H3. The van der Waals surface area contributed by atoms with Crippen molar-refractivity contribution in [1.29, 1.82) is 0 Å². The summed E-state index contributed by atoms with van der Waals surface area (Å²) in [4.78, 5) is 37.3. The van der Waals surface area contributed by atoms with Crippen molar-refractivity contribution in [2.45, 2.75) is 55.9 Å². The maximum Gasteiger partial charge on any atom is 0.332 e. The molecule has 7 nitrogen and oxygen atoms in total. The molecule has 152 valence electrons. The van der Waals surface area contributed by atoms with Gasteiger partial charge in [0.25, 0.3) is 5.56 Å². The zero-order valence-corrected chi connectivity index (χ0v) is 17.6. The van der Waals surface area contributed by atoms with Gasteiger partial charge in [0.2, 0.25) is 0 Å². The van der Waals surface area contributed by atoms with E-state index in [4.69, 9.17) is 9.97 Å². The molecular formula is C20H29N5O2S. The van der Waals surface area contributed by atoms with Crippen molar-refractivity contribution < 1.29 is 0 Å². The molecule has 1 saturated carbocycles. The SMILES string of the molecule is Cn1c(=O)c2c(SCCN3CCCCC3)nc(C3CCCC3)nc2n(C)c1=O. The van der Waals surface area contributed by atoms with Crippen LogP contribution in [0.4, 0.5) is 0 Å². The van der Waals surface area contributed by atoms with Gasteiger partial charge in [-0.15, -0.1) is 11.8 Å². The van der Waals surface area contributed by atoms with Gasteiger partial charge in [-0.25, -0.2) is 14.8 Å². The molecule has 1 aliphatic heterocycles. The molecule has 1 saturated heterocycles. The Hall–Kier alpha value is -1.67. The fraction of sp³-hybridized carbons (Fsp3) is 0.700. The third-order valence-electron chi connectivity index (χ3n) is 6.10. The summed E-state index contributed by atoms with van der Waals surface area (Å²) in [6, 6.07) is 0. The summed E-state index contributed by atoms with van der Waals surface area (Å²) in [6.45, 7) is 3.32. The highest BCUT2D eigenvalue weighted by atomic mass is 32.2. The van der Waals surface area contributed by atoms with Crippen LogP contribution in [0.3, 0.4) is 0 Å². The molecule has 8 heteroatoms. The quantitative estimate of drug-likeness (QED) is 0.563. The first kappa shape index (κ1) is 19.6. The summed E-state index contributed by atoms with van der Waals surface area (Å²) in [5.41, 5.74) is -0.153. The van der Waals surface area contributed by atoms with E-state index in [1.807, 2.05) is 0 Å². The molecule has 0 N–H and O–H groups in total. The lowest BCUT2D eigenvalue weighted by molar-refractivity contribution is 0.242. The number of likely N-dealkylation sites (tertiary alicyclic amines) is 1. The van der Waals surface area contributed by atoms with E-state index in [1.165, 1.54) is 43.7 Å². The monoisotopic (exact) mass is 403 g/mol. The molecular weight excluding hydrogens is 374 g/mol. The molecule has 2 aromatic heterocycles. The minimum Gasteiger partial charge on any atom is -0.303 e. The molecule has 2 fully saturated rings. The van der Waals surface area contributed by atoms with E-state index < -0.39 is 0 Å². The average molecular weight is 404 g/mol. The van der Waals surface area contributed by atoms with E-state index in [0.717, 1.165) is 53.6 Å². The summed E-state index contributed by atoms with van der Waals surface area (Å²) in [5, 5.41) is 1.22. The topological polar surface area (TPSA) is 73.0 Å². The van der Waals surface area contributed by atoms with Gasteiger partial charge in [0.1, 0.15) is 16.2 Å². The first-order valence-corrected chi connectivity index (χ1v) is 11.4. The maximum atomic E-state index is 12.9. The van der Waals surface area contributed by atoms with Crippen molar-refractivity contribution in [2.24, 2.45) is 14.1 Å². The second kappa shape index (κ2) is 8.37. The first-order chi connectivity index (χ1) is 13.6. The summed E-state index contributed by atoms with van der Waals surface area (Å²) in [7, 11) is 3.22. The third-order valence-corrected chi connectivity index (χ3v) is 7.05. The second-order valence-corrected chi connectivity index (χ2v) is 9.11. The molecule has 3 heterocycles. The Morgan fingerprint density at radius 2 is 1.68 bits per heavy atom. The van der Waals surface area contributed by atoms with Crippen molar-refractivity contribution in [2.75, 3.05) is 25.4 Å². The van der Waals surface area contributed by atoms with Gasteiger partial charge in [-0.1, -0.05) is 19.3 Å². The zero-order chi connectivity index (χ0) is 19.7. The van der Waals surface area contributed by atoms with E-state index in [1.54, 1.807) is 18.8 Å².